The number of primary sulfonamides is 1. The maximum absolute atomic E-state index is 14.2. The van der Waals surface area contributed by atoms with Gasteiger partial charge in [0.2, 0.25) is 26.0 Å². The molecule has 0 saturated carbocycles. The molecule has 1 aliphatic carbocycles. The zero-order chi connectivity index (χ0) is 22.6. The van der Waals surface area contributed by atoms with E-state index in [1.54, 1.807) is 24.3 Å². The second-order valence-electron chi connectivity index (χ2n) is 6.36. The van der Waals surface area contributed by atoms with E-state index in [9.17, 15) is 21.2 Å². The lowest BCUT2D eigenvalue weighted by Gasteiger charge is -2.13. The van der Waals surface area contributed by atoms with E-state index in [1.807, 2.05) is 0 Å². The van der Waals surface area contributed by atoms with Crippen molar-refractivity contribution >= 4 is 37.5 Å². The van der Waals surface area contributed by atoms with Crippen molar-refractivity contribution in [2.24, 2.45) is 5.14 Å². The molecule has 2 aromatic rings. The van der Waals surface area contributed by atoms with E-state index in [-0.39, 0.29) is 16.7 Å². The lowest BCUT2D eigenvalue weighted by molar-refractivity contribution is 0.588. The van der Waals surface area contributed by atoms with E-state index in [2.05, 4.69) is 25.3 Å². The molecule has 0 atom stereocenters. The summed E-state index contributed by atoms with van der Waals surface area (Å²) in [5, 5.41) is 11.6. The third kappa shape index (κ3) is 6.18. The Morgan fingerprint density at radius 2 is 1.97 bits per heavy atom. The molecular formula is C18H19FN6O4S2. The Labute approximate surface area is 178 Å². The van der Waals surface area contributed by atoms with E-state index in [0.717, 1.165) is 11.6 Å². The Morgan fingerprint density at radius 3 is 2.68 bits per heavy atom. The summed E-state index contributed by atoms with van der Waals surface area (Å²) in [6, 6.07) is 5.79. The van der Waals surface area contributed by atoms with Crippen molar-refractivity contribution in [3.63, 3.8) is 0 Å². The van der Waals surface area contributed by atoms with Gasteiger partial charge in [-0.3, -0.25) is 0 Å². The van der Waals surface area contributed by atoms with Crippen LogP contribution in [0.4, 0.5) is 21.8 Å². The first-order valence-corrected chi connectivity index (χ1v) is 11.9. The van der Waals surface area contributed by atoms with Gasteiger partial charge in [-0.05, 0) is 49.4 Å². The van der Waals surface area contributed by atoms with Crippen LogP contribution in [0, 0.1) is 5.82 Å². The molecule has 0 spiro atoms. The number of nitrogens with two attached hydrogens (primary N) is 1. The summed E-state index contributed by atoms with van der Waals surface area (Å²) >= 11 is 0. The molecule has 0 amide bonds. The van der Waals surface area contributed by atoms with Crippen LogP contribution in [0.5, 0.6) is 0 Å². The molecule has 31 heavy (non-hydrogen) atoms. The molecule has 0 bridgehead atoms. The Kier molecular flexibility index (Phi) is 6.50. The molecule has 0 fully saturated rings. The van der Waals surface area contributed by atoms with Gasteiger partial charge in [0.1, 0.15) is 0 Å². The Morgan fingerprint density at radius 1 is 1.19 bits per heavy atom. The zero-order valence-electron chi connectivity index (χ0n) is 16.2. The summed E-state index contributed by atoms with van der Waals surface area (Å²) < 4.78 is 62.8. The van der Waals surface area contributed by atoms with Gasteiger partial charge < -0.3 is 10.6 Å². The first-order valence-electron chi connectivity index (χ1n) is 8.77. The number of aromatic nitrogens is 2. The fraction of sp³-hybridized carbons (Fsp3) is 0.111. The van der Waals surface area contributed by atoms with Gasteiger partial charge in [0.25, 0.3) is 0 Å². The normalized spacial score (nSPS) is 15.6. The number of hydrogen-bond donors (Lipinski definition) is 4. The van der Waals surface area contributed by atoms with Gasteiger partial charge in [0.15, 0.2) is 11.6 Å². The molecule has 0 aliphatic heterocycles. The monoisotopic (exact) mass is 466 g/mol. The summed E-state index contributed by atoms with van der Waals surface area (Å²) in [5.74, 6) is -0.900. The number of halogens is 1. The van der Waals surface area contributed by atoms with Gasteiger partial charge in [-0.1, -0.05) is 12.1 Å². The third-order valence-electron chi connectivity index (χ3n) is 3.98. The summed E-state index contributed by atoms with van der Waals surface area (Å²) in [4.78, 5) is 7.93. The minimum absolute atomic E-state index is 0.000478. The topological polar surface area (TPSA) is 156 Å². The smallest absolute Gasteiger partial charge is 0.240 e. The molecule has 1 aliphatic rings. The zero-order valence-corrected chi connectivity index (χ0v) is 17.8. The number of benzene rings is 1. The molecule has 3 rings (SSSR count). The van der Waals surface area contributed by atoms with Gasteiger partial charge in [0.05, 0.1) is 11.1 Å². The summed E-state index contributed by atoms with van der Waals surface area (Å²) in [6.07, 6.45) is 6.28. The van der Waals surface area contributed by atoms with Crippen LogP contribution in [-0.2, 0) is 20.0 Å². The molecule has 0 unspecified atom stereocenters. The summed E-state index contributed by atoms with van der Waals surface area (Å²) in [7, 11) is -6.17. The third-order valence-corrected chi connectivity index (χ3v) is 6.03. The van der Waals surface area contributed by atoms with Crippen LogP contribution in [0.15, 0.2) is 70.3 Å². The lowest BCUT2D eigenvalue weighted by atomic mass is 10.1. The number of hydrogen-bond acceptors (Lipinski definition) is 8. The second-order valence-corrected chi connectivity index (χ2v) is 9.66. The highest BCUT2D eigenvalue weighted by atomic mass is 32.2. The van der Waals surface area contributed by atoms with Gasteiger partial charge in [0, 0.05) is 16.8 Å². The summed E-state index contributed by atoms with van der Waals surface area (Å²) in [5.41, 5.74) is 1.23. The van der Waals surface area contributed by atoms with Crippen molar-refractivity contribution in [2.75, 3.05) is 17.7 Å². The Hall–Kier alpha value is -3.13. The second kappa shape index (κ2) is 8.93. The molecule has 164 valence electrons. The molecule has 0 saturated heterocycles. The predicted molar refractivity (Wildman–Crippen MR) is 115 cm³/mol. The quantitative estimate of drug-likeness (QED) is 0.480. The van der Waals surface area contributed by atoms with Crippen LogP contribution in [0.1, 0.15) is 6.42 Å². The van der Waals surface area contributed by atoms with Crippen molar-refractivity contribution in [1.29, 1.82) is 0 Å². The lowest BCUT2D eigenvalue weighted by Crippen LogP contribution is -2.18. The highest BCUT2D eigenvalue weighted by Gasteiger charge is 2.14. The molecule has 1 heterocycles. The molecule has 5 N–H and O–H groups in total. The van der Waals surface area contributed by atoms with Crippen molar-refractivity contribution in [2.45, 2.75) is 11.3 Å². The maximum atomic E-state index is 14.2. The van der Waals surface area contributed by atoms with Gasteiger partial charge >= 0.3 is 0 Å². The minimum atomic E-state index is -3.79. The van der Waals surface area contributed by atoms with E-state index in [0.29, 0.717) is 23.4 Å². The number of rotatable bonds is 7. The fourth-order valence-electron chi connectivity index (χ4n) is 2.64. The number of nitrogens with one attached hydrogen (secondary N) is 3. The van der Waals surface area contributed by atoms with E-state index in [4.69, 9.17) is 5.14 Å². The Balaban J connectivity index is 1.84. The van der Waals surface area contributed by atoms with Crippen LogP contribution in [0.25, 0.3) is 0 Å². The van der Waals surface area contributed by atoms with Crippen molar-refractivity contribution < 1.29 is 21.2 Å². The highest BCUT2D eigenvalue weighted by Crippen LogP contribution is 2.23. The molecule has 1 aromatic heterocycles. The predicted octanol–water partition coefficient (Wildman–Crippen LogP) is 1.70. The largest absolute Gasteiger partial charge is 0.338 e. The Bertz CT molecular complexity index is 1300. The average molecular weight is 467 g/mol. The van der Waals surface area contributed by atoms with Crippen molar-refractivity contribution in [3.8, 4) is 0 Å². The molecule has 1 aromatic carbocycles. The first-order chi connectivity index (χ1) is 14.6. The van der Waals surface area contributed by atoms with Gasteiger partial charge in [-0.25, -0.2) is 36.1 Å². The average Bonchev–Trinajstić information content (AvgIpc) is 2.70. The molecular weight excluding hydrogens is 447 g/mol. The number of anilines is 3. The number of allylic oxidation sites excluding steroid dienone is 4. The van der Waals surface area contributed by atoms with E-state index < -0.39 is 25.9 Å². The van der Waals surface area contributed by atoms with Crippen LogP contribution in [0.2, 0.25) is 0 Å². The number of sulfonamides is 2. The standard InChI is InChI=1S/C18H19FN6O4S2/c1-21-31(28,29)15-7-3-6-14(9-15)23-17-16(19)10-22-18(25-17)24-13-5-2-4-12(8-13)11-30(20,26)27/h2-3,5-11,21H,4H2,1H3,(H2,20,26,27)(H2,22,23,24,25)/b12-11+. The fourth-order valence-corrected chi connectivity index (χ4v) is 4.00. The molecule has 10 nitrogen and oxygen atoms in total. The van der Waals surface area contributed by atoms with Crippen molar-refractivity contribution in [3.05, 3.63) is 71.2 Å². The van der Waals surface area contributed by atoms with Crippen LogP contribution in [0.3, 0.4) is 0 Å². The van der Waals surface area contributed by atoms with Crippen LogP contribution in [-0.4, -0.2) is 33.9 Å². The SMILES string of the molecule is CNS(=O)(=O)c1cccc(Nc2nc(NC3=C/C(=C/S(N)(=O)=O)CC=C3)ncc2F)c1. The first kappa shape index (κ1) is 22.6. The maximum Gasteiger partial charge on any atom is 0.240 e. The highest BCUT2D eigenvalue weighted by molar-refractivity contribution is 7.92. The van der Waals surface area contributed by atoms with Gasteiger partial charge in [-0.15, -0.1) is 0 Å². The summed E-state index contributed by atoms with van der Waals surface area (Å²) in [6.45, 7) is 0. The van der Waals surface area contributed by atoms with Gasteiger partial charge in [-0.2, -0.15) is 4.98 Å². The number of nitrogens with zero attached hydrogens (tertiary/aromatic N) is 2. The molecule has 13 heteroatoms. The van der Waals surface area contributed by atoms with E-state index >= 15 is 0 Å². The van der Waals surface area contributed by atoms with Crippen LogP contribution < -0.4 is 20.5 Å². The van der Waals surface area contributed by atoms with E-state index in [1.165, 1.54) is 25.2 Å². The van der Waals surface area contributed by atoms with Crippen LogP contribution >= 0.6 is 0 Å². The van der Waals surface area contributed by atoms with Crippen molar-refractivity contribution in [1.82, 2.24) is 14.7 Å². The minimum Gasteiger partial charge on any atom is -0.338 e. The molecule has 0 radical (unpaired) electrons.